The second-order valence-corrected chi connectivity index (χ2v) is 9.71. The van der Waals surface area contributed by atoms with Crippen LogP contribution in [-0.4, -0.2) is 17.1 Å². The van der Waals surface area contributed by atoms with E-state index in [1.807, 2.05) is 38.1 Å². The van der Waals surface area contributed by atoms with Crippen molar-refractivity contribution in [2.45, 2.75) is 45.3 Å². The predicted molar refractivity (Wildman–Crippen MR) is 114 cm³/mol. The van der Waals surface area contributed by atoms with Gasteiger partial charge in [0.1, 0.15) is 5.82 Å². The van der Waals surface area contributed by atoms with Crippen LogP contribution in [0.1, 0.15) is 45.7 Å². The van der Waals surface area contributed by atoms with Crippen LogP contribution in [0.25, 0.3) is 5.57 Å². The number of rotatable bonds is 4. The molecule has 0 unspecified atom stereocenters. The Balaban J connectivity index is 2.04. The van der Waals surface area contributed by atoms with E-state index in [0.29, 0.717) is 21.7 Å². The van der Waals surface area contributed by atoms with Gasteiger partial charge in [0.25, 0.3) is 11.8 Å². The smallest absolute Gasteiger partial charge is 0.268 e. The molecule has 0 N–H and O–H groups in total. The molecule has 0 bridgehead atoms. The molecule has 2 aromatic rings. The van der Waals surface area contributed by atoms with Crippen LogP contribution in [0.2, 0.25) is 0 Å². The first-order valence-electron chi connectivity index (χ1n) is 9.26. The van der Waals surface area contributed by atoms with E-state index in [1.165, 1.54) is 28.8 Å². The van der Waals surface area contributed by atoms with Crippen molar-refractivity contribution in [1.82, 2.24) is 0 Å². The maximum atomic E-state index is 13.3. The van der Waals surface area contributed by atoms with E-state index >= 15 is 0 Å². The number of halogens is 1. The van der Waals surface area contributed by atoms with Gasteiger partial charge in [-0.3, -0.25) is 9.59 Å². The van der Waals surface area contributed by atoms with Gasteiger partial charge in [-0.1, -0.05) is 58.9 Å². The Hall–Kier alpha value is -2.40. The molecule has 1 heterocycles. The monoisotopic (exact) mass is 397 g/mol. The molecular formula is C23H24FNO2S. The fourth-order valence-electron chi connectivity index (χ4n) is 3.07. The Bertz CT molecular complexity index is 938. The summed E-state index contributed by atoms with van der Waals surface area (Å²) in [6.45, 7) is 10.3. The zero-order chi connectivity index (χ0) is 20.6. The first-order valence-corrected chi connectivity index (χ1v) is 10.1. The molecule has 2 amide bonds. The molecule has 0 radical (unpaired) electrons. The number of anilines is 1. The minimum atomic E-state index is -0.381. The summed E-state index contributed by atoms with van der Waals surface area (Å²) in [5.74, 6) is -1.08. The van der Waals surface area contributed by atoms with E-state index in [-0.39, 0.29) is 28.3 Å². The van der Waals surface area contributed by atoms with E-state index in [0.717, 1.165) is 5.56 Å². The van der Waals surface area contributed by atoms with E-state index < -0.39 is 0 Å². The molecule has 0 saturated carbocycles. The summed E-state index contributed by atoms with van der Waals surface area (Å²) >= 11 is 1.36. The topological polar surface area (TPSA) is 37.4 Å². The lowest BCUT2D eigenvalue weighted by Crippen LogP contribution is -2.31. The molecule has 28 heavy (non-hydrogen) atoms. The summed E-state index contributed by atoms with van der Waals surface area (Å²) in [4.78, 5) is 28.0. The standard InChI is InChI=1S/C23H24FNO2S/c1-14(2)28-20-19(15-6-10-17(24)11-7-15)21(26)25(22(20)27)18-12-8-16(9-13-18)23(3,4)5/h6-14H,1-5H3. The molecule has 5 heteroatoms. The lowest BCUT2D eigenvalue weighted by Gasteiger charge is -2.21. The van der Waals surface area contributed by atoms with Crippen molar-refractivity contribution in [3.05, 3.63) is 70.4 Å². The van der Waals surface area contributed by atoms with Crippen LogP contribution >= 0.6 is 11.8 Å². The third kappa shape index (κ3) is 3.90. The van der Waals surface area contributed by atoms with Crippen LogP contribution in [0.5, 0.6) is 0 Å². The first-order chi connectivity index (χ1) is 13.1. The molecule has 0 atom stereocenters. The van der Waals surface area contributed by atoms with Gasteiger partial charge in [0.15, 0.2) is 0 Å². The van der Waals surface area contributed by atoms with E-state index in [9.17, 15) is 14.0 Å². The number of carbonyl (C=O) groups excluding carboxylic acids is 2. The number of amides is 2. The molecule has 0 spiro atoms. The first kappa shape index (κ1) is 20.3. The van der Waals surface area contributed by atoms with Crippen molar-refractivity contribution in [2.24, 2.45) is 0 Å². The third-order valence-corrected chi connectivity index (χ3v) is 5.61. The maximum absolute atomic E-state index is 13.3. The zero-order valence-electron chi connectivity index (χ0n) is 16.7. The Kier molecular flexibility index (Phi) is 5.48. The van der Waals surface area contributed by atoms with Gasteiger partial charge >= 0.3 is 0 Å². The molecule has 2 aromatic carbocycles. The van der Waals surface area contributed by atoms with Crippen LogP contribution in [0.4, 0.5) is 10.1 Å². The lowest BCUT2D eigenvalue weighted by molar-refractivity contribution is -0.119. The number of nitrogens with zero attached hydrogens (tertiary/aromatic N) is 1. The average Bonchev–Trinajstić information content (AvgIpc) is 2.85. The fourth-order valence-corrected chi connectivity index (χ4v) is 4.06. The van der Waals surface area contributed by atoms with E-state index in [1.54, 1.807) is 12.1 Å². The zero-order valence-corrected chi connectivity index (χ0v) is 17.6. The van der Waals surface area contributed by atoms with Crippen molar-refractivity contribution in [1.29, 1.82) is 0 Å². The molecular weight excluding hydrogens is 373 g/mol. The normalized spacial score (nSPS) is 15.2. The molecule has 3 rings (SSSR count). The van der Waals surface area contributed by atoms with Crippen LogP contribution in [-0.2, 0) is 15.0 Å². The van der Waals surface area contributed by atoms with Gasteiger partial charge in [0.2, 0.25) is 0 Å². The third-order valence-electron chi connectivity index (χ3n) is 4.52. The van der Waals surface area contributed by atoms with Crippen LogP contribution in [0.3, 0.4) is 0 Å². The molecule has 3 nitrogen and oxygen atoms in total. The van der Waals surface area contributed by atoms with Gasteiger partial charge < -0.3 is 0 Å². The van der Waals surface area contributed by atoms with Crippen molar-refractivity contribution in [3.63, 3.8) is 0 Å². The molecule has 1 aliphatic rings. The average molecular weight is 398 g/mol. The lowest BCUT2D eigenvalue weighted by atomic mass is 9.87. The highest BCUT2D eigenvalue weighted by molar-refractivity contribution is 8.04. The summed E-state index contributed by atoms with van der Waals surface area (Å²) in [7, 11) is 0. The number of imide groups is 1. The summed E-state index contributed by atoms with van der Waals surface area (Å²) in [5.41, 5.74) is 2.54. The number of hydrogen-bond acceptors (Lipinski definition) is 3. The Morgan fingerprint density at radius 3 is 1.96 bits per heavy atom. The summed E-state index contributed by atoms with van der Waals surface area (Å²) in [6.07, 6.45) is 0. The highest BCUT2D eigenvalue weighted by atomic mass is 32.2. The molecule has 0 aromatic heterocycles. The van der Waals surface area contributed by atoms with Crippen molar-refractivity contribution < 1.29 is 14.0 Å². The number of thioether (sulfide) groups is 1. The van der Waals surface area contributed by atoms with Crippen LogP contribution in [0, 0.1) is 5.82 Å². The summed E-state index contributed by atoms with van der Waals surface area (Å²) in [6, 6.07) is 13.2. The Labute approximate surface area is 169 Å². The van der Waals surface area contributed by atoms with Crippen molar-refractivity contribution in [2.75, 3.05) is 4.90 Å². The van der Waals surface area contributed by atoms with Gasteiger partial charge in [0, 0.05) is 5.25 Å². The molecule has 146 valence electrons. The molecule has 1 aliphatic heterocycles. The molecule has 0 saturated heterocycles. The highest BCUT2D eigenvalue weighted by Gasteiger charge is 2.40. The number of hydrogen-bond donors (Lipinski definition) is 0. The van der Waals surface area contributed by atoms with E-state index in [4.69, 9.17) is 0 Å². The van der Waals surface area contributed by atoms with Gasteiger partial charge in [-0.2, -0.15) is 0 Å². The minimum Gasteiger partial charge on any atom is -0.268 e. The van der Waals surface area contributed by atoms with Gasteiger partial charge in [-0.05, 0) is 40.8 Å². The van der Waals surface area contributed by atoms with Gasteiger partial charge in [-0.25, -0.2) is 9.29 Å². The summed E-state index contributed by atoms with van der Waals surface area (Å²) in [5, 5.41) is 0.130. The van der Waals surface area contributed by atoms with Crippen molar-refractivity contribution >= 4 is 34.8 Å². The second kappa shape index (κ2) is 7.55. The second-order valence-electron chi connectivity index (χ2n) is 8.12. The number of benzene rings is 2. The Morgan fingerprint density at radius 2 is 1.46 bits per heavy atom. The molecule has 0 fully saturated rings. The van der Waals surface area contributed by atoms with Crippen LogP contribution < -0.4 is 4.90 Å². The number of carbonyl (C=O) groups is 2. The highest BCUT2D eigenvalue weighted by Crippen LogP contribution is 2.40. The maximum Gasteiger partial charge on any atom is 0.272 e. The van der Waals surface area contributed by atoms with E-state index in [2.05, 4.69) is 20.8 Å². The Morgan fingerprint density at radius 1 is 0.893 bits per heavy atom. The van der Waals surface area contributed by atoms with Crippen molar-refractivity contribution in [3.8, 4) is 0 Å². The predicted octanol–water partition coefficient (Wildman–Crippen LogP) is 5.55. The SMILES string of the molecule is CC(C)SC1=C(c2ccc(F)cc2)C(=O)N(c2ccc(C(C)(C)C)cc2)C1=O. The fraction of sp³-hybridized carbons (Fsp3) is 0.304. The molecule has 0 aliphatic carbocycles. The minimum absolute atomic E-state index is 0.0201. The largest absolute Gasteiger partial charge is 0.272 e. The summed E-state index contributed by atoms with van der Waals surface area (Å²) < 4.78 is 13.3. The quantitative estimate of drug-likeness (QED) is 0.635. The van der Waals surface area contributed by atoms with Crippen LogP contribution in [0.15, 0.2) is 53.4 Å². The van der Waals surface area contributed by atoms with Gasteiger partial charge in [0.05, 0.1) is 16.2 Å². The van der Waals surface area contributed by atoms with Gasteiger partial charge in [-0.15, -0.1) is 11.8 Å².